The number of rotatable bonds is 3. The topological polar surface area (TPSA) is 58.4 Å². The van der Waals surface area contributed by atoms with Gasteiger partial charge in [-0.25, -0.2) is 0 Å². The number of fused-ring (bicyclic) bond motifs is 1. The summed E-state index contributed by atoms with van der Waals surface area (Å²) in [6.45, 7) is 4.66. The molecule has 1 amide bonds. The number of anilines is 1. The molecule has 0 aromatic carbocycles. The Morgan fingerprint density at radius 3 is 3.06 bits per heavy atom. The summed E-state index contributed by atoms with van der Waals surface area (Å²) in [7, 11) is 2.09. The Morgan fingerprint density at radius 2 is 2.35 bits per heavy atom. The molecule has 1 aliphatic rings. The summed E-state index contributed by atoms with van der Waals surface area (Å²) in [5.74, 6) is -0.00796. The van der Waals surface area contributed by atoms with Crippen LogP contribution in [0.5, 0.6) is 0 Å². The summed E-state index contributed by atoms with van der Waals surface area (Å²) in [6, 6.07) is 0. The normalized spacial score (nSPS) is 15.6. The van der Waals surface area contributed by atoms with Gasteiger partial charge in [0.2, 0.25) is 0 Å². The van der Waals surface area contributed by atoms with Crippen LogP contribution in [-0.4, -0.2) is 30.9 Å². The van der Waals surface area contributed by atoms with Gasteiger partial charge < -0.3 is 16.0 Å². The maximum Gasteiger partial charge on any atom is 0.254 e. The van der Waals surface area contributed by atoms with Crippen molar-refractivity contribution in [3.05, 3.63) is 16.0 Å². The first kappa shape index (κ1) is 12.4. The Labute approximate surface area is 106 Å². The lowest BCUT2D eigenvalue weighted by atomic mass is 10.0. The second kappa shape index (κ2) is 5.06. The number of nitrogens with two attached hydrogens (primary N) is 1. The van der Waals surface area contributed by atoms with Gasteiger partial charge in [0.25, 0.3) is 5.91 Å². The zero-order chi connectivity index (χ0) is 12.4. The van der Waals surface area contributed by atoms with Crippen LogP contribution in [0.3, 0.4) is 0 Å². The maximum atomic E-state index is 12.0. The molecule has 2 heterocycles. The number of hydrogen-bond donors (Lipinski definition) is 2. The van der Waals surface area contributed by atoms with E-state index in [4.69, 9.17) is 5.73 Å². The number of nitrogen functional groups attached to an aromatic ring is 1. The molecule has 0 unspecified atom stereocenters. The van der Waals surface area contributed by atoms with Gasteiger partial charge >= 0.3 is 0 Å². The minimum atomic E-state index is -0.00796. The summed E-state index contributed by atoms with van der Waals surface area (Å²) in [6.07, 6.45) is 1.87. The smallest absolute Gasteiger partial charge is 0.254 e. The van der Waals surface area contributed by atoms with Gasteiger partial charge in [0.1, 0.15) is 0 Å². The molecule has 1 aliphatic heterocycles. The maximum absolute atomic E-state index is 12.0. The van der Waals surface area contributed by atoms with Gasteiger partial charge in [0, 0.05) is 24.5 Å². The average Bonchev–Trinajstić information content (AvgIpc) is 2.61. The van der Waals surface area contributed by atoms with Crippen LogP contribution in [0, 0.1) is 0 Å². The largest absolute Gasteiger partial charge is 0.390 e. The number of nitrogens with zero attached hydrogens (tertiary/aromatic N) is 1. The predicted molar refractivity (Wildman–Crippen MR) is 71.4 cm³/mol. The second-order valence-electron chi connectivity index (χ2n) is 4.49. The molecule has 1 aromatic heterocycles. The lowest BCUT2D eigenvalue weighted by molar-refractivity contribution is 0.0953. The van der Waals surface area contributed by atoms with E-state index in [0.29, 0.717) is 11.5 Å². The van der Waals surface area contributed by atoms with Crippen molar-refractivity contribution in [2.75, 3.05) is 25.9 Å². The van der Waals surface area contributed by atoms with E-state index < -0.39 is 0 Å². The number of hydrogen-bond acceptors (Lipinski definition) is 4. The van der Waals surface area contributed by atoms with Crippen molar-refractivity contribution in [1.82, 2.24) is 10.2 Å². The molecule has 0 bridgehead atoms. The average molecular weight is 253 g/mol. The molecule has 3 N–H and O–H groups in total. The summed E-state index contributed by atoms with van der Waals surface area (Å²) in [5, 5.41) is 3.58. The van der Waals surface area contributed by atoms with Gasteiger partial charge in [0.15, 0.2) is 0 Å². The van der Waals surface area contributed by atoms with Crippen molar-refractivity contribution < 1.29 is 4.79 Å². The molecule has 17 heavy (non-hydrogen) atoms. The molecule has 0 radical (unpaired) electrons. The zero-order valence-corrected chi connectivity index (χ0v) is 11.2. The van der Waals surface area contributed by atoms with Crippen molar-refractivity contribution >= 4 is 22.2 Å². The first-order valence-electron chi connectivity index (χ1n) is 6.00. The van der Waals surface area contributed by atoms with Crippen LogP contribution < -0.4 is 11.1 Å². The minimum Gasteiger partial charge on any atom is -0.390 e. The third kappa shape index (κ3) is 2.45. The van der Waals surface area contributed by atoms with Crippen molar-refractivity contribution in [3.8, 4) is 0 Å². The van der Waals surface area contributed by atoms with E-state index in [1.165, 1.54) is 10.4 Å². The number of amides is 1. The minimum absolute atomic E-state index is 0.00796. The van der Waals surface area contributed by atoms with Crippen molar-refractivity contribution in [3.63, 3.8) is 0 Å². The third-order valence-corrected chi connectivity index (χ3v) is 4.08. The van der Waals surface area contributed by atoms with Gasteiger partial charge in [0.05, 0.1) is 10.6 Å². The van der Waals surface area contributed by atoms with E-state index in [1.807, 2.05) is 6.92 Å². The Bertz CT molecular complexity index is 428. The highest BCUT2D eigenvalue weighted by atomic mass is 32.1. The van der Waals surface area contributed by atoms with Crippen LogP contribution in [0.25, 0.3) is 0 Å². The van der Waals surface area contributed by atoms with Gasteiger partial charge in [-0.15, -0.1) is 11.3 Å². The Hall–Kier alpha value is -1.07. The molecule has 0 aliphatic carbocycles. The first-order chi connectivity index (χ1) is 8.13. The molecule has 0 spiro atoms. The number of thiophene rings is 1. The molecule has 94 valence electrons. The van der Waals surface area contributed by atoms with E-state index in [9.17, 15) is 4.79 Å². The molecule has 0 atom stereocenters. The fourth-order valence-corrected chi connectivity index (χ4v) is 3.32. The fraction of sp³-hybridized carbons (Fsp3) is 0.583. The van der Waals surface area contributed by atoms with Crippen molar-refractivity contribution in [1.29, 1.82) is 0 Å². The predicted octanol–water partition coefficient (Wildman–Crippen LogP) is 1.46. The monoisotopic (exact) mass is 253 g/mol. The number of carbonyl (C=O) groups excluding carboxylic acids is 1. The molecule has 5 heteroatoms. The zero-order valence-electron chi connectivity index (χ0n) is 10.4. The fourth-order valence-electron chi connectivity index (χ4n) is 2.13. The standard InChI is InChI=1S/C12H19N3OS/c1-3-5-14-12(16)10-8-4-6-15(2)7-9(8)17-11(10)13/h3-7,13H2,1-2H3,(H,14,16). The molecule has 2 rings (SSSR count). The highest BCUT2D eigenvalue weighted by Gasteiger charge is 2.25. The van der Waals surface area contributed by atoms with Crippen molar-refractivity contribution in [2.24, 2.45) is 0 Å². The van der Waals surface area contributed by atoms with E-state index >= 15 is 0 Å². The lowest BCUT2D eigenvalue weighted by Gasteiger charge is -2.22. The van der Waals surface area contributed by atoms with Crippen LogP contribution in [0.1, 0.15) is 34.1 Å². The van der Waals surface area contributed by atoms with Crippen LogP contribution >= 0.6 is 11.3 Å². The van der Waals surface area contributed by atoms with Crippen LogP contribution in [-0.2, 0) is 13.0 Å². The van der Waals surface area contributed by atoms with Crippen LogP contribution in [0.2, 0.25) is 0 Å². The van der Waals surface area contributed by atoms with E-state index in [-0.39, 0.29) is 5.91 Å². The molecular formula is C12H19N3OS. The van der Waals surface area contributed by atoms with Crippen molar-refractivity contribution in [2.45, 2.75) is 26.3 Å². The van der Waals surface area contributed by atoms with E-state index in [0.717, 1.165) is 31.5 Å². The summed E-state index contributed by atoms with van der Waals surface area (Å²) < 4.78 is 0. The van der Waals surface area contributed by atoms with Gasteiger partial charge in [-0.1, -0.05) is 6.92 Å². The molecule has 0 saturated heterocycles. The third-order valence-electron chi connectivity index (χ3n) is 3.04. The molecule has 0 saturated carbocycles. The quantitative estimate of drug-likeness (QED) is 0.857. The Balaban J connectivity index is 2.25. The number of carbonyl (C=O) groups is 1. The Kier molecular flexibility index (Phi) is 3.69. The van der Waals surface area contributed by atoms with Crippen LogP contribution in [0.4, 0.5) is 5.00 Å². The summed E-state index contributed by atoms with van der Waals surface area (Å²) >= 11 is 1.56. The lowest BCUT2D eigenvalue weighted by Crippen LogP contribution is -2.29. The number of likely N-dealkylation sites (N-methyl/N-ethyl adjacent to an activating group) is 1. The summed E-state index contributed by atoms with van der Waals surface area (Å²) in [5.41, 5.74) is 7.87. The second-order valence-corrected chi connectivity index (χ2v) is 5.62. The first-order valence-corrected chi connectivity index (χ1v) is 6.81. The number of nitrogens with one attached hydrogen (secondary N) is 1. The van der Waals surface area contributed by atoms with Gasteiger partial charge in [-0.05, 0) is 25.5 Å². The molecule has 1 aromatic rings. The summed E-state index contributed by atoms with van der Waals surface area (Å²) in [4.78, 5) is 15.5. The van der Waals surface area contributed by atoms with Crippen LogP contribution in [0.15, 0.2) is 0 Å². The Morgan fingerprint density at radius 1 is 1.59 bits per heavy atom. The SMILES string of the molecule is CCCNC(=O)c1c(N)sc2c1CCN(C)C2. The van der Waals surface area contributed by atoms with Gasteiger partial charge in [-0.2, -0.15) is 0 Å². The molecule has 4 nitrogen and oxygen atoms in total. The highest BCUT2D eigenvalue weighted by Crippen LogP contribution is 2.34. The van der Waals surface area contributed by atoms with Gasteiger partial charge in [-0.3, -0.25) is 4.79 Å². The molecule has 0 fully saturated rings. The van der Waals surface area contributed by atoms with E-state index in [1.54, 1.807) is 11.3 Å². The molecular weight excluding hydrogens is 234 g/mol. The van der Waals surface area contributed by atoms with E-state index in [2.05, 4.69) is 17.3 Å². The highest BCUT2D eigenvalue weighted by molar-refractivity contribution is 7.16.